The second-order valence-electron chi connectivity index (χ2n) is 3.59. The van der Waals surface area contributed by atoms with Crippen LogP contribution in [0.3, 0.4) is 0 Å². The molecule has 4 heteroatoms. The van der Waals surface area contributed by atoms with Gasteiger partial charge in [-0.2, -0.15) is 0 Å². The third-order valence-electron chi connectivity index (χ3n) is 1.80. The van der Waals surface area contributed by atoms with Crippen molar-refractivity contribution in [3.8, 4) is 0 Å². The molecule has 72 valence electrons. The SMILES string of the molecule is CCc1nccn1C(=O)C(C)(C)N. The summed E-state index contributed by atoms with van der Waals surface area (Å²) in [6.07, 6.45) is 3.99. The molecule has 0 fully saturated rings. The van der Waals surface area contributed by atoms with E-state index in [1.165, 1.54) is 4.57 Å². The molecule has 0 aromatic carbocycles. The van der Waals surface area contributed by atoms with Gasteiger partial charge in [-0.05, 0) is 13.8 Å². The van der Waals surface area contributed by atoms with Gasteiger partial charge >= 0.3 is 0 Å². The molecule has 1 heterocycles. The van der Waals surface area contributed by atoms with Crippen LogP contribution in [0.4, 0.5) is 0 Å². The van der Waals surface area contributed by atoms with Gasteiger partial charge in [-0.3, -0.25) is 9.36 Å². The Morgan fingerprint density at radius 3 is 2.77 bits per heavy atom. The van der Waals surface area contributed by atoms with Crippen LogP contribution in [0.5, 0.6) is 0 Å². The minimum absolute atomic E-state index is 0.123. The minimum Gasteiger partial charge on any atom is -0.318 e. The zero-order valence-corrected chi connectivity index (χ0v) is 8.24. The molecular weight excluding hydrogens is 166 g/mol. The number of carbonyl (C=O) groups excluding carboxylic acids is 1. The standard InChI is InChI=1S/C9H15N3O/c1-4-7-11-5-6-12(7)8(13)9(2,3)10/h5-6H,4,10H2,1-3H3. The molecule has 1 aromatic rings. The fourth-order valence-corrected chi connectivity index (χ4v) is 1.09. The van der Waals surface area contributed by atoms with E-state index in [0.717, 1.165) is 12.2 Å². The van der Waals surface area contributed by atoms with Gasteiger partial charge in [0.2, 0.25) is 0 Å². The van der Waals surface area contributed by atoms with E-state index >= 15 is 0 Å². The van der Waals surface area contributed by atoms with Gasteiger partial charge in [0.15, 0.2) is 0 Å². The number of rotatable bonds is 2. The number of hydrogen-bond donors (Lipinski definition) is 1. The lowest BCUT2D eigenvalue weighted by atomic mass is 10.1. The summed E-state index contributed by atoms with van der Waals surface area (Å²) in [6.45, 7) is 5.33. The van der Waals surface area contributed by atoms with Gasteiger partial charge in [0.1, 0.15) is 5.82 Å². The lowest BCUT2D eigenvalue weighted by Crippen LogP contribution is -2.45. The Balaban J connectivity index is 3.02. The molecule has 1 aromatic heterocycles. The summed E-state index contributed by atoms with van der Waals surface area (Å²) in [5, 5.41) is 0. The molecule has 0 aliphatic carbocycles. The molecule has 2 N–H and O–H groups in total. The predicted molar refractivity (Wildman–Crippen MR) is 50.5 cm³/mol. The number of carbonyl (C=O) groups is 1. The van der Waals surface area contributed by atoms with E-state index in [9.17, 15) is 4.79 Å². The van der Waals surface area contributed by atoms with Gasteiger partial charge in [-0.25, -0.2) is 4.98 Å². The molecule has 13 heavy (non-hydrogen) atoms. The number of nitrogens with two attached hydrogens (primary N) is 1. The first-order valence-electron chi connectivity index (χ1n) is 4.32. The van der Waals surface area contributed by atoms with E-state index in [1.807, 2.05) is 6.92 Å². The van der Waals surface area contributed by atoms with Gasteiger partial charge in [-0.1, -0.05) is 6.92 Å². The third kappa shape index (κ3) is 1.95. The Morgan fingerprint density at radius 1 is 1.69 bits per heavy atom. The lowest BCUT2D eigenvalue weighted by Gasteiger charge is -2.17. The summed E-state index contributed by atoms with van der Waals surface area (Å²) in [5.41, 5.74) is 4.85. The van der Waals surface area contributed by atoms with Crippen molar-refractivity contribution in [2.45, 2.75) is 32.7 Å². The molecule has 0 unspecified atom stereocenters. The van der Waals surface area contributed by atoms with E-state index < -0.39 is 5.54 Å². The number of nitrogens with zero attached hydrogens (tertiary/aromatic N) is 2. The van der Waals surface area contributed by atoms with Crippen LogP contribution in [-0.4, -0.2) is 21.0 Å². The number of hydrogen-bond acceptors (Lipinski definition) is 3. The second-order valence-corrected chi connectivity index (χ2v) is 3.59. The molecule has 4 nitrogen and oxygen atoms in total. The summed E-state index contributed by atoms with van der Waals surface area (Å²) in [6, 6.07) is 0. The van der Waals surface area contributed by atoms with Crippen LogP contribution >= 0.6 is 0 Å². The van der Waals surface area contributed by atoms with Crippen molar-refractivity contribution in [1.29, 1.82) is 0 Å². The van der Waals surface area contributed by atoms with Crippen LogP contribution in [-0.2, 0) is 6.42 Å². The summed E-state index contributed by atoms with van der Waals surface area (Å²) in [4.78, 5) is 15.8. The average Bonchev–Trinajstić information content (AvgIpc) is 2.48. The molecule has 0 amide bonds. The van der Waals surface area contributed by atoms with Crippen LogP contribution in [0, 0.1) is 0 Å². The van der Waals surface area contributed by atoms with Crippen LogP contribution in [0.15, 0.2) is 12.4 Å². The number of aromatic nitrogens is 2. The van der Waals surface area contributed by atoms with E-state index in [2.05, 4.69) is 4.98 Å². The molecule has 0 atom stereocenters. The molecule has 0 radical (unpaired) electrons. The largest absolute Gasteiger partial charge is 0.318 e. The van der Waals surface area contributed by atoms with E-state index in [1.54, 1.807) is 26.2 Å². The molecule has 0 saturated carbocycles. The Bertz CT molecular complexity index is 309. The quantitative estimate of drug-likeness (QED) is 0.734. The van der Waals surface area contributed by atoms with Gasteiger partial charge in [0, 0.05) is 18.8 Å². The number of imidazole rings is 1. The van der Waals surface area contributed by atoms with Gasteiger partial charge in [0.25, 0.3) is 5.91 Å². The summed E-state index contributed by atoms with van der Waals surface area (Å²) in [5.74, 6) is 0.630. The molecular formula is C9H15N3O. The first-order valence-corrected chi connectivity index (χ1v) is 4.32. The molecule has 0 saturated heterocycles. The summed E-state index contributed by atoms with van der Waals surface area (Å²) in [7, 11) is 0. The highest BCUT2D eigenvalue weighted by Crippen LogP contribution is 2.06. The van der Waals surface area contributed by atoms with Gasteiger partial charge in [0.05, 0.1) is 5.54 Å². The van der Waals surface area contributed by atoms with E-state index in [-0.39, 0.29) is 5.91 Å². The molecule has 0 aliphatic heterocycles. The smallest absolute Gasteiger partial charge is 0.251 e. The first kappa shape index (κ1) is 9.92. The maximum atomic E-state index is 11.7. The van der Waals surface area contributed by atoms with Crippen LogP contribution in [0.25, 0.3) is 0 Å². The van der Waals surface area contributed by atoms with Crippen molar-refractivity contribution in [2.24, 2.45) is 5.73 Å². The van der Waals surface area contributed by atoms with Crippen LogP contribution in [0.1, 0.15) is 31.4 Å². The van der Waals surface area contributed by atoms with E-state index in [4.69, 9.17) is 5.73 Å². The average molecular weight is 181 g/mol. The fraction of sp³-hybridized carbons (Fsp3) is 0.556. The summed E-state index contributed by atoms with van der Waals surface area (Å²) >= 11 is 0. The highest BCUT2D eigenvalue weighted by Gasteiger charge is 2.24. The Labute approximate surface area is 77.8 Å². The molecule has 0 spiro atoms. The maximum Gasteiger partial charge on any atom is 0.251 e. The Kier molecular flexibility index (Phi) is 2.52. The predicted octanol–water partition coefficient (Wildman–Crippen LogP) is 0.823. The Hall–Kier alpha value is -1.16. The third-order valence-corrected chi connectivity index (χ3v) is 1.80. The lowest BCUT2D eigenvalue weighted by molar-refractivity contribution is 0.0823. The topological polar surface area (TPSA) is 60.9 Å². The number of aryl methyl sites for hydroxylation is 1. The van der Waals surface area contributed by atoms with Crippen molar-refractivity contribution < 1.29 is 4.79 Å². The van der Waals surface area contributed by atoms with Gasteiger partial charge in [-0.15, -0.1) is 0 Å². The zero-order chi connectivity index (χ0) is 10.1. The zero-order valence-electron chi connectivity index (χ0n) is 8.24. The molecule has 1 rings (SSSR count). The van der Waals surface area contributed by atoms with E-state index in [0.29, 0.717) is 0 Å². The normalized spacial score (nSPS) is 11.7. The van der Waals surface area contributed by atoms with Crippen molar-refractivity contribution in [2.75, 3.05) is 0 Å². The fourth-order valence-electron chi connectivity index (χ4n) is 1.09. The molecule has 0 bridgehead atoms. The Morgan fingerprint density at radius 2 is 2.31 bits per heavy atom. The minimum atomic E-state index is -0.843. The highest BCUT2D eigenvalue weighted by atomic mass is 16.2. The highest BCUT2D eigenvalue weighted by molar-refractivity contribution is 5.87. The second kappa shape index (κ2) is 3.30. The van der Waals surface area contributed by atoms with Crippen molar-refractivity contribution in [3.05, 3.63) is 18.2 Å². The summed E-state index contributed by atoms with van der Waals surface area (Å²) < 4.78 is 1.51. The van der Waals surface area contributed by atoms with Crippen molar-refractivity contribution in [1.82, 2.24) is 9.55 Å². The van der Waals surface area contributed by atoms with Crippen molar-refractivity contribution >= 4 is 5.91 Å². The monoisotopic (exact) mass is 181 g/mol. The van der Waals surface area contributed by atoms with Crippen LogP contribution < -0.4 is 5.73 Å². The molecule has 0 aliphatic rings. The van der Waals surface area contributed by atoms with Crippen LogP contribution in [0.2, 0.25) is 0 Å². The first-order chi connectivity index (χ1) is 5.96. The maximum absolute atomic E-state index is 11.7. The van der Waals surface area contributed by atoms with Gasteiger partial charge < -0.3 is 5.73 Å². The van der Waals surface area contributed by atoms with Crippen molar-refractivity contribution in [3.63, 3.8) is 0 Å².